The van der Waals surface area contributed by atoms with Crippen molar-refractivity contribution in [3.63, 3.8) is 0 Å². The number of H-pyrrole nitrogens is 1. The van der Waals surface area contributed by atoms with E-state index in [1.54, 1.807) is 24.4 Å². The molecule has 2 rings (SSSR count). The quantitative estimate of drug-likeness (QED) is 0.643. The van der Waals surface area contributed by atoms with Gasteiger partial charge in [-0.1, -0.05) is 0 Å². The molecule has 6 nitrogen and oxygen atoms in total. The Labute approximate surface area is 103 Å². The zero-order valence-electron chi connectivity index (χ0n) is 9.64. The summed E-state index contributed by atoms with van der Waals surface area (Å²) in [5, 5.41) is 13.1. The first-order valence-corrected chi connectivity index (χ1v) is 5.27. The summed E-state index contributed by atoms with van der Waals surface area (Å²) in [6, 6.07) is 7.99. The average Bonchev–Trinajstić information content (AvgIpc) is 2.76. The molecule has 0 saturated heterocycles. The maximum absolute atomic E-state index is 10.9. The number of nitro groups is 1. The molecular formula is C12H11N3O3. The van der Waals surface area contributed by atoms with Crippen molar-refractivity contribution >= 4 is 17.4 Å². The molecular weight excluding hydrogens is 234 g/mol. The third kappa shape index (κ3) is 2.54. The third-order valence-corrected chi connectivity index (χ3v) is 2.41. The molecule has 92 valence electrons. The van der Waals surface area contributed by atoms with Crippen LogP contribution in [0.15, 0.2) is 36.5 Å². The summed E-state index contributed by atoms with van der Waals surface area (Å²) in [6.07, 6.45) is 1.73. The summed E-state index contributed by atoms with van der Waals surface area (Å²) < 4.78 is 0. The first kappa shape index (κ1) is 11.8. The van der Waals surface area contributed by atoms with Crippen LogP contribution in [0.3, 0.4) is 0 Å². The zero-order valence-corrected chi connectivity index (χ0v) is 9.64. The Hall–Kier alpha value is -2.63. The molecule has 1 heterocycles. The molecule has 0 saturated carbocycles. The van der Waals surface area contributed by atoms with E-state index in [-0.39, 0.29) is 11.6 Å². The summed E-state index contributed by atoms with van der Waals surface area (Å²) in [4.78, 5) is 23.9. The van der Waals surface area contributed by atoms with Gasteiger partial charge in [0.1, 0.15) is 5.82 Å². The van der Waals surface area contributed by atoms with Crippen LogP contribution in [0, 0.1) is 10.1 Å². The van der Waals surface area contributed by atoms with Gasteiger partial charge in [0, 0.05) is 30.8 Å². The van der Waals surface area contributed by atoms with Crippen LogP contribution in [-0.2, 0) is 4.79 Å². The van der Waals surface area contributed by atoms with Crippen LogP contribution in [0.25, 0.3) is 11.1 Å². The monoisotopic (exact) mass is 245 g/mol. The first-order chi connectivity index (χ1) is 8.56. The molecule has 0 unspecified atom stereocenters. The second kappa shape index (κ2) is 4.70. The number of nitrogens with one attached hydrogen (secondary N) is 2. The Morgan fingerprint density at radius 2 is 1.94 bits per heavy atom. The van der Waals surface area contributed by atoms with E-state index >= 15 is 0 Å². The van der Waals surface area contributed by atoms with E-state index in [0.29, 0.717) is 5.82 Å². The lowest BCUT2D eigenvalue weighted by atomic mass is 10.1. The first-order valence-electron chi connectivity index (χ1n) is 5.27. The Balaban J connectivity index is 2.23. The van der Waals surface area contributed by atoms with Gasteiger partial charge in [-0.3, -0.25) is 14.9 Å². The summed E-state index contributed by atoms with van der Waals surface area (Å²) in [5.74, 6) is 0.433. The SMILES string of the molecule is CC(=O)Nc1cc(-c2ccc([N+](=O)[O-])cc2)c[nH]1. The number of nitrogens with zero attached hydrogens (tertiary/aromatic N) is 1. The molecule has 0 aliphatic rings. The minimum absolute atomic E-state index is 0.0522. The van der Waals surface area contributed by atoms with Crippen molar-refractivity contribution in [3.8, 4) is 11.1 Å². The second-order valence-corrected chi connectivity index (χ2v) is 3.79. The van der Waals surface area contributed by atoms with Crippen molar-refractivity contribution in [2.75, 3.05) is 5.32 Å². The topological polar surface area (TPSA) is 88.0 Å². The van der Waals surface area contributed by atoms with Gasteiger partial charge in [-0.15, -0.1) is 0 Å². The Morgan fingerprint density at radius 1 is 1.28 bits per heavy atom. The minimum Gasteiger partial charge on any atom is -0.348 e. The third-order valence-electron chi connectivity index (χ3n) is 2.41. The molecule has 18 heavy (non-hydrogen) atoms. The number of amides is 1. The molecule has 1 aromatic carbocycles. The predicted octanol–water partition coefficient (Wildman–Crippen LogP) is 2.55. The lowest BCUT2D eigenvalue weighted by Crippen LogP contribution is -2.05. The predicted molar refractivity (Wildman–Crippen MR) is 67.2 cm³/mol. The fraction of sp³-hybridized carbons (Fsp3) is 0.0833. The summed E-state index contributed by atoms with van der Waals surface area (Å²) >= 11 is 0. The molecule has 0 aliphatic heterocycles. The van der Waals surface area contributed by atoms with Gasteiger partial charge >= 0.3 is 0 Å². The van der Waals surface area contributed by atoms with Crippen molar-refractivity contribution in [2.24, 2.45) is 0 Å². The standard InChI is InChI=1S/C12H11N3O3/c1-8(16)14-12-6-10(7-13-12)9-2-4-11(5-3-9)15(17)18/h2-7,13H,1H3,(H,14,16). The summed E-state index contributed by atoms with van der Waals surface area (Å²) in [6.45, 7) is 1.42. The van der Waals surface area contributed by atoms with Crippen LogP contribution >= 0.6 is 0 Å². The van der Waals surface area contributed by atoms with E-state index in [1.165, 1.54) is 19.1 Å². The largest absolute Gasteiger partial charge is 0.348 e. The van der Waals surface area contributed by atoms with Crippen molar-refractivity contribution in [2.45, 2.75) is 6.92 Å². The van der Waals surface area contributed by atoms with E-state index in [2.05, 4.69) is 10.3 Å². The summed E-state index contributed by atoms with van der Waals surface area (Å²) in [5.41, 5.74) is 1.75. The average molecular weight is 245 g/mol. The number of rotatable bonds is 3. The maximum atomic E-state index is 10.9. The molecule has 2 aromatic rings. The molecule has 0 atom stereocenters. The van der Waals surface area contributed by atoms with E-state index in [9.17, 15) is 14.9 Å². The molecule has 0 fully saturated rings. The van der Waals surface area contributed by atoms with Gasteiger partial charge in [0.05, 0.1) is 4.92 Å². The minimum atomic E-state index is -0.441. The van der Waals surface area contributed by atoms with Gasteiger partial charge in [0.15, 0.2) is 0 Å². The molecule has 0 bridgehead atoms. The molecule has 0 aliphatic carbocycles. The fourth-order valence-corrected chi connectivity index (χ4v) is 1.60. The molecule has 1 amide bonds. The normalized spacial score (nSPS) is 10.1. The summed E-state index contributed by atoms with van der Waals surface area (Å²) in [7, 11) is 0. The van der Waals surface area contributed by atoms with Crippen molar-refractivity contribution in [1.82, 2.24) is 4.98 Å². The van der Waals surface area contributed by atoms with E-state index in [0.717, 1.165) is 11.1 Å². The van der Waals surface area contributed by atoms with Crippen LogP contribution in [-0.4, -0.2) is 15.8 Å². The molecule has 1 aromatic heterocycles. The highest BCUT2D eigenvalue weighted by Gasteiger charge is 2.07. The van der Waals surface area contributed by atoms with Crippen molar-refractivity contribution < 1.29 is 9.72 Å². The maximum Gasteiger partial charge on any atom is 0.269 e. The van der Waals surface area contributed by atoms with E-state index in [4.69, 9.17) is 0 Å². The van der Waals surface area contributed by atoms with Crippen molar-refractivity contribution in [1.29, 1.82) is 0 Å². The molecule has 0 spiro atoms. The van der Waals surface area contributed by atoms with Gasteiger partial charge in [0.25, 0.3) is 5.69 Å². The van der Waals surface area contributed by atoms with E-state index < -0.39 is 4.92 Å². The van der Waals surface area contributed by atoms with Gasteiger partial charge in [0.2, 0.25) is 5.91 Å². The molecule has 2 N–H and O–H groups in total. The number of hydrogen-bond donors (Lipinski definition) is 2. The number of aromatic amines is 1. The highest BCUT2D eigenvalue weighted by atomic mass is 16.6. The number of non-ortho nitro benzene ring substituents is 1. The Morgan fingerprint density at radius 3 is 2.50 bits per heavy atom. The van der Waals surface area contributed by atoms with Crippen LogP contribution in [0.2, 0.25) is 0 Å². The molecule has 0 radical (unpaired) electrons. The number of nitro benzene ring substituents is 1. The van der Waals surface area contributed by atoms with Gasteiger partial charge < -0.3 is 10.3 Å². The number of hydrogen-bond acceptors (Lipinski definition) is 3. The van der Waals surface area contributed by atoms with Gasteiger partial charge in [-0.25, -0.2) is 0 Å². The number of carbonyl (C=O) groups excluding carboxylic acids is 1. The van der Waals surface area contributed by atoms with Crippen LogP contribution in [0.4, 0.5) is 11.5 Å². The lowest BCUT2D eigenvalue weighted by Gasteiger charge is -1.97. The highest BCUT2D eigenvalue weighted by Crippen LogP contribution is 2.24. The van der Waals surface area contributed by atoms with Gasteiger partial charge in [-0.05, 0) is 23.8 Å². The lowest BCUT2D eigenvalue weighted by molar-refractivity contribution is -0.384. The van der Waals surface area contributed by atoms with Crippen LogP contribution in [0.5, 0.6) is 0 Å². The molecule has 6 heteroatoms. The number of benzene rings is 1. The Kier molecular flexibility index (Phi) is 3.09. The van der Waals surface area contributed by atoms with E-state index in [1.807, 2.05) is 0 Å². The zero-order chi connectivity index (χ0) is 13.1. The fourth-order valence-electron chi connectivity index (χ4n) is 1.60. The smallest absolute Gasteiger partial charge is 0.269 e. The Bertz CT molecular complexity index is 587. The number of anilines is 1. The van der Waals surface area contributed by atoms with Gasteiger partial charge in [-0.2, -0.15) is 0 Å². The number of carbonyl (C=O) groups is 1. The van der Waals surface area contributed by atoms with Crippen LogP contribution < -0.4 is 5.32 Å². The van der Waals surface area contributed by atoms with Crippen LogP contribution in [0.1, 0.15) is 6.92 Å². The van der Waals surface area contributed by atoms with Crippen molar-refractivity contribution in [3.05, 3.63) is 46.6 Å². The number of aromatic nitrogens is 1. The highest BCUT2D eigenvalue weighted by molar-refractivity contribution is 5.88. The second-order valence-electron chi connectivity index (χ2n) is 3.79.